The number of fused-ring (bicyclic) bond motifs is 1. The summed E-state index contributed by atoms with van der Waals surface area (Å²) in [7, 11) is 0. The van der Waals surface area contributed by atoms with E-state index in [-0.39, 0.29) is 0 Å². The molecule has 1 aromatic rings. The van der Waals surface area contributed by atoms with Gasteiger partial charge >= 0.3 is 0 Å². The zero-order valence-electron chi connectivity index (χ0n) is 11.3. The molecule has 1 heteroatoms. The van der Waals surface area contributed by atoms with Crippen molar-refractivity contribution in [2.45, 2.75) is 58.3 Å². The molecule has 1 aliphatic rings. The number of anilines is 1. The van der Waals surface area contributed by atoms with Gasteiger partial charge in [0.15, 0.2) is 0 Å². The third-order valence-electron chi connectivity index (χ3n) is 3.84. The Balaban J connectivity index is 1.82. The van der Waals surface area contributed by atoms with Crippen LogP contribution in [0.4, 0.5) is 5.69 Å². The molecule has 1 aliphatic heterocycles. The Bertz CT molecular complexity index is 357. The van der Waals surface area contributed by atoms with E-state index in [0.717, 1.165) is 12.5 Å². The fraction of sp³-hybridized carbons (Fsp3) is 0.625. The van der Waals surface area contributed by atoms with E-state index in [2.05, 4.69) is 37.4 Å². The van der Waals surface area contributed by atoms with Crippen LogP contribution in [0.3, 0.4) is 0 Å². The Hall–Kier alpha value is -0.980. The molecule has 0 fully saturated rings. The molecule has 0 saturated carbocycles. The van der Waals surface area contributed by atoms with Gasteiger partial charge in [-0.25, -0.2) is 0 Å². The Labute approximate surface area is 106 Å². The number of unbranched alkanes of at least 4 members (excludes halogenated alkanes) is 4. The molecule has 0 amide bonds. The van der Waals surface area contributed by atoms with Crippen LogP contribution < -0.4 is 5.32 Å². The zero-order chi connectivity index (χ0) is 12.1. The molecule has 0 radical (unpaired) electrons. The Morgan fingerprint density at radius 3 is 2.82 bits per heavy atom. The summed E-state index contributed by atoms with van der Waals surface area (Å²) in [6, 6.07) is 6.81. The molecule has 1 heterocycles. The van der Waals surface area contributed by atoms with E-state index < -0.39 is 0 Å². The number of hydrogen-bond donors (Lipinski definition) is 1. The van der Waals surface area contributed by atoms with Gasteiger partial charge in [0.05, 0.1) is 0 Å². The molecule has 1 nitrogen and oxygen atoms in total. The SMILES string of the molecule is CCCCCCCC1CNc2ccc(C)cc21. The smallest absolute Gasteiger partial charge is 0.0376 e. The Morgan fingerprint density at radius 2 is 2.00 bits per heavy atom. The molecule has 1 N–H and O–H groups in total. The van der Waals surface area contributed by atoms with Gasteiger partial charge in [-0.05, 0) is 25.0 Å². The molecule has 1 aromatic carbocycles. The van der Waals surface area contributed by atoms with E-state index in [1.165, 1.54) is 49.8 Å². The lowest BCUT2D eigenvalue weighted by atomic mass is 9.94. The summed E-state index contributed by atoms with van der Waals surface area (Å²) in [6.45, 7) is 5.61. The number of aryl methyl sites for hydroxylation is 1. The molecule has 1 unspecified atom stereocenters. The summed E-state index contributed by atoms with van der Waals surface area (Å²) in [5, 5.41) is 3.53. The van der Waals surface area contributed by atoms with Crippen molar-refractivity contribution in [1.82, 2.24) is 0 Å². The van der Waals surface area contributed by atoms with Gasteiger partial charge in [-0.3, -0.25) is 0 Å². The molecular formula is C16H25N. The lowest BCUT2D eigenvalue weighted by Crippen LogP contribution is -2.01. The van der Waals surface area contributed by atoms with E-state index >= 15 is 0 Å². The van der Waals surface area contributed by atoms with Crippen molar-refractivity contribution in [3.8, 4) is 0 Å². The van der Waals surface area contributed by atoms with Crippen LogP contribution in [0.25, 0.3) is 0 Å². The van der Waals surface area contributed by atoms with Crippen LogP contribution in [-0.2, 0) is 0 Å². The predicted octanol–water partition coefficient (Wildman–Crippen LogP) is 4.86. The third kappa shape index (κ3) is 3.24. The Kier molecular flexibility index (Phi) is 4.47. The summed E-state index contributed by atoms with van der Waals surface area (Å²) in [4.78, 5) is 0. The molecule has 1 atom stereocenters. The topological polar surface area (TPSA) is 12.0 Å². The molecule has 0 aromatic heterocycles. The summed E-state index contributed by atoms with van der Waals surface area (Å²) in [6.07, 6.45) is 8.31. The highest BCUT2D eigenvalue weighted by molar-refractivity contribution is 5.58. The first-order valence-corrected chi connectivity index (χ1v) is 7.15. The maximum atomic E-state index is 3.53. The summed E-state index contributed by atoms with van der Waals surface area (Å²) in [5.74, 6) is 0.756. The van der Waals surface area contributed by atoms with Crippen LogP contribution in [0, 0.1) is 6.92 Å². The number of benzene rings is 1. The number of hydrogen-bond acceptors (Lipinski definition) is 1. The monoisotopic (exact) mass is 231 g/mol. The Morgan fingerprint density at radius 1 is 1.18 bits per heavy atom. The maximum absolute atomic E-state index is 3.53. The van der Waals surface area contributed by atoms with E-state index in [4.69, 9.17) is 0 Å². The maximum Gasteiger partial charge on any atom is 0.0376 e. The number of nitrogens with one attached hydrogen (secondary N) is 1. The molecule has 0 saturated heterocycles. The van der Waals surface area contributed by atoms with E-state index in [9.17, 15) is 0 Å². The van der Waals surface area contributed by atoms with Crippen LogP contribution in [-0.4, -0.2) is 6.54 Å². The van der Waals surface area contributed by atoms with Gasteiger partial charge in [-0.15, -0.1) is 0 Å². The first-order valence-electron chi connectivity index (χ1n) is 7.15. The van der Waals surface area contributed by atoms with Crippen molar-refractivity contribution < 1.29 is 0 Å². The predicted molar refractivity (Wildman–Crippen MR) is 75.8 cm³/mol. The van der Waals surface area contributed by atoms with Crippen LogP contribution in [0.5, 0.6) is 0 Å². The van der Waals surface area contributed by atoms with Crippen LogP contribution in [0.1, 0.15) is 62.5 Å². The third-order valence-corrected chi connectivity index (χ3v) is 3.84. The van der Waals surface area contributed by atoms with Gasteiger partial charge in [0, 0.05) is 18.2 Å². The summed E-state index contributed by atoms with van der Waals surface area (Å²) < 4.78 is 0. The molecule has 2 rings (SSSR count). The van der Waals surface area contributed by atoms with Crippen molar-refractivity contribution in [3.05, 3.63) is 29.3 Å². The minimum absolute atomic E-state index is 0.756. The molecule has 17 heavy (non-hydrogen) atoms. The van der Waals surface area contributed by atoms with Crippen molar-refractivity contribution in [1.29, 1.82) is 0 Å². The van der Waals surface area contributed by atoms with Crippen LogP contribution >= 0.6 is 0 Å². The minimum atomic E-state index is 0.756. The second kappa shape index (κ2) is 6.09. The second-order valence-corrected chi connectivity index (χ2v) is 5.37. The molecule has 0 spiro atoms. The molecule has 0 bridgehead atoms. The van der Waals surface area contributed by atoms with Gasteiger partial charge in [-0.1, -0.05) is 56.7 Å². The average Bonchev–Trinajstić information content (AvgIpc) is 2.72. The molecule has 0 aliphatic carbocycles. The number of rotatable bonds is 6. The van der Waals surface area contributed by atoms with E-state index in [1.54, 1.807) is 5.56 Å². The lowest BCUT2D eigenvalue weighted by Gasteiger charge is -2.10. The summed E-state index contributed by atoms with van der Waals surface area (Å²) in [5.41, 5.74) is 4.32. The van der Waals surface area contributed by atoms with E-state index in [0.29, 0.717) is 0 Å². The second-order valence-electron chi connectivity index (χ2n) is 5.37. The standard InChI is InChI=1S/C16H25N/c1-3-4-5-6-7-8-14-12-17-16-10-9-13(2)11-15(14)16/h9-11,14,17H,3-8,12H2,1-2H3. The highest BCUT2D eigenvalue weighted by atomic mass is 14.9. The average molecular weight is 231 g/mol. The fourth-order valence-electron chi connectivity index (χ4n) is 2.78. The van der Waals surface area contributed by atoms with Gasteiger partial charge < -0.3 is 5.32 Å². The van der Waals surface area contributed by atoms with Gasteiger partial charge in [0.25, 0.3) is 0 Å². The van der Waals surface area contributed by atoms with Crippen molar-refractivity contribution in [2.75, 3.05) is 11.9 Å². The normalized spacial score (nSPS) is 17.9. The van der Waals surface area contributed by atoms with Gasteiger partial charge in [0.2, 0.25) is 0 Å². The highest BCUT2D eigenvalue weighted by Crippen LogP contribution is 2.35. The first-order chi connectivity index (χ1) is 8.31. The van der Waals surface area contributed by atoms with Crippen molar-refractivity contribution >= 4 is 5.69 Å². The first kappa shape index (κ1) is 12.5. The quantitative estimate of drug-likeness (QED) is 0.689. The largest absolute Gasteiger partial charge is 0.384 e. The van der Waals surface area contributed by atoms with Crippen molar-refractivity contribution in [2.24, 2.45) is 0 Å². The summed E-state index contributed by atoms with van der Waals surface area (Å²) >= 11 is 0. The zero-order valence-corrected chi connectivity index (χ0v) is 11.3. The van der Waals surface area contributed by atoms with Crippen molar-refractivity contribution in [3.63, 3.8) is 0 Å². The molecule has 94 valence electrons. The van der Waals surface area contributed by atoms with Gasteiger partial charge in [-0.2, -0.15) is 0 Å². The lowest BCUT2D eigenvalue weighted by molar-refractivity contribution is 0.566. The minimum Gasteiger partial charge on any atom is -0.384 e. The van der Waals surface area contributed by atoms with Gasteiger partial charge in [0.1, 0.15) is 0 Å². The van der Waals surface area contributed by atoms with Crippen LogP contribution in [0.2, 0.25) is 0 Å². The highest BCUT2D eigenvalue weighted by Gasteiger charge is 2.21. The fourth-order valence-corrected chi connectivity index (χ4v) is 2.78. The van der Waals surface area contributed by atoms with Crippen LogP contribution in [0.15, 0.2) is 18.2 Å². The molecular weight excluding hydrogens is 206 g/mol. The van der Waals surface area contributed by atoms with E-state index in [1.807, 2.05) is 0 Å².